The van der Waals surface area contributed by atoms with Gasteiger partial charge in [-0.1, -0.05) is 32.1 Å². The van der Waals surface area contributed by atoms with Crippen molar-refractivity contribution in [3.8, 4) is 0 Å². The van der Waals surface area contributed by atoms with Crippen LogP contribution in [-0.2, 0) is 9.53 Å². The van der Waals surface area contributed by atoms with E-state index in [0.717, 1.165) is 37.8 Å². The van der Waals surface area contributed by atoms with E-state index in [1.807, 2.05) is 0 Å². The van der Waals surface area contributed by atoms with Crippen LogP contribution in [0.5, 0.6) is 0 Å². The lowest BCUT2D eigenvalue weighted by Gasteiger charge is -2.51. The number of hydrogen-bond acceptors (Lipinski definition) is 3. The number of likely N-dealkylation sites (tertiary alicyclic amines) is 1. The standard InChI is InChI=1S/C20H32N2O3/c1-25-19(24)21-17-9-16(10-17)18(23)22-12-20(13-22)8-7-15(11-20)14-5-3-2-4-6-14/h14-17H,2-13H2,1H3,(H,21,24). The first-order valence-corrected chi connectivity index (χ1v) is 10.2. The molecule has 4 fully saturated rings. The number of alkyl carbamates (subject to hydrolysis) is 1. The van der Waals surface area contributed by atoms with Crippen molar-refractivity contribution < 1.29 is 14.3 Å². The number of hydrogen-bond donors (Lipinski definition) is 1. The molecule has 0 aromatic heterocycles. The zero-order valence-corrected chi connectivity index (χ0v) is 15.5. The summed E-state index contributed by atoms with van der Waals surface area (Å²) in [5, 5.41) is 2.78. The number of methoxy groups -OCH3 is 1. The Balaban J connectivity index is 1.20. The Morgan fingerprint density at radius 2 is 1.76 bits per heavy atom. The summed E-state index contributed by atoms with van der Waals surface area (Å²) in [6, 6.07) is 0.110. The summed E-state index contributed by atoms with van der Waals surface area (Å²) in [5.41, 5.74) is 0.450. The van der Waals surface area contributed by atoms with Crippen molar-refractivity contribution >= 4 is 12.0 Å². The Labute approximate surface area is 150 Å². The van der Waals surface area contributed by atoms with Crippen LogP contribution in [0.4, 0.5) is 4.79 Å². The molecule has 1 atom stereocenters. The quantitative estimate of drug-likeness (QED) is 0.851. The van der Waals surface area contributed by atoms with Gasteiger partial charge < -0.3 is 15.0 Å². The van der Waals surface area contributed by atoms with Gasteiger partial charge in [-0.2, -0.15) is 0 Å². The van der Waals surface area contributed by atoms with Gasteiger partial charge in [-0.15, -0.1) is 0 Å². The van der Waals surface area contributed by atoms with E-state index >= 15 is 0 Å². The van der Waals surface area contributed by atoms with Crippen molar-refractivity contribution in [1.29, 1.82) is 0 Å². The highest BCUT2D eigenvalue weighted by Crippen LogP contribution is 2.53. The molecule has 1 heterocycles. The smallest absolute Gasteiger partial charge is 0.407 e. The van der Waals surface area contributed by atoms with Gasteiger partial charge in [0.1, 0.15) is 0 Å². The average molecular weight is 348 g/mol. The van der Waals surface area contributed by atoms with Gasteiger partial charge >= 0.3 is 6.09 Å². The lowest BCUT2D eigenvalue weighted by molar-refractivity contribution is -0.151. The number of carbonyl (C=O) groups is 2. The molecule has 3 aliphatic carbocycles. The largest absolute Gasteiger partial charge is 0.453 e. The minimum atomic E-state index is -0.390. The molecule has 5 nitrogen and oxygen atoms in total. The molecule has 0 aromatic carbocycles. The van der Waals surface area contributed by atoms with Crippen LogP contribution in [0.15, 0.2) is 0 Å². The second-order valence-electron chi connectivity index (χ2n) is 9.10. The minimum absolute atomic E-state index is 0.107. The summed E-state index contributed by atoms with van der Waals surface area (Å²) in [5.74, 6) is 2.31. The van der Waals surface area contributed by atoms with Crippen LogP contribution >= 0.6 is 0 Å². The van der Waals surface area contributed by atoms with E-state index in [-0.39, 0.29) is 12.0 Å². The van der Waals surface area contributed by atoms with Crippen molar-refractivity contribution in [3.05, 3.63) is 0 Å². The van der Waals surface area contributed by atoms with Gasteiger partial charge in [0.05, 0.1) is 7.11 Å². The highest BCUT2D eigenvalue weighted by atomic mass is 16.5. The molecular weight excluding hydrogens is 316 g/mol. The van der Waals surface area contributed by atoms with Gasteiger partial charge in [-0.05, 0) is 43.9 Å². The fourth-order valence-electron chi connectivity index (χ4n) is 5.89. The predicted octanol–water partition coefficient (Wildman–Crippen LogP) is 3.33. The molecular formula is C20H32N2O3. The molecule has 2 amide bonds. The Morgan fingerprint density at radius 1 is 1.04 bits per heavy atom. The van der Waals surface area contributed by atoms with Gasteiger partial charge in [0.15, 0.2) is 0 Å². The van der Waals surface area contributed by atoms with Crippen molar-refractivity contribution in [2.45, 2.75) is 70.3 Å². The van der Waals surface area contributed by atoms with Crippen LogP contribution in [0.2, 0.25) is 0 Å². The first kappa shape index (κ1) is 17.2. The molecule has 5 heteroatoms. The number of nitrogens with one attached hydrogen (secondary N) is 1. The van der Waals surface area contributed by atoms with Crippen LogP contribution < -0.4 is 5.32 Å². The zero-order chi connectivity index (χ0) is 17.4. The third-order valence-corrected chi connectivity index (χ3v) is 7.42. The monoisotopic (exact) mass is 348 g/mol. The molecule has 140 valence electrons. The summed E-state index contributed by atoms with van der Waals surface area (Å²) < 4.78 is 4.61. The van der Waals surface area contributed by atoms with Gasteiger partial charge in [-0.25, -0.2) is 4.79 Å². The predicted molar refractivity (Wildman–Crippen MR) is 95.0 cm³/mol. The fourth-order valence-corrected chi connectivity index (χ4v) is 5.89. The van der Waals surface area contributed by atoms with Crippen molar-refractivity contribution in [2.75, 3.05) is 20.2 Å². The summed E-state index contributed by atoms with van der Waals surface area (Å²) in [7, 11) is 1.37. The lowest BCUT2D eigenvalue weighted by atomic mass is 9.72. The zero-order valence-electron chi connectivity index (χ0n) is 15.5. The van der Waals surface area contributed by atoms with E-state index in [0.29, 0.717) is 11.3 Å². The van der Waals surface area contributed by atoms with Gasteiger partial charge in [0.25, 0.3) is 0 Å². The van der Waals surface area contributed by atoms with Crippen LogP contribution in [0.3, 0.4) is 0 Å². The summed E-state index contributed by atoms with van der Waals surface area (Å²) in [6.07, 6.45) is 12.4. The van der Waals surface area contributed by atoms with Gasteiger partial charge in [-0.3, -0.25) is 4.79 Å². The fraction of sp³-hybridized carbons (Fsp3) is 0.900. The van der Waals surface area contributed by atoms with E-state index in [2.05, 4.69) is 15.0 Å². The maximum Gasteiger partial charge on any atom is 0.407 e. The number of nitrogens with zero attached hydrogens (tertiary/aromatic N) is 1. The molecule has 1 unspecified atom stereocenters. The Kier molecular flexibility index (Phi) is 4.67. The first-order valence-electron chi connectivity index (χ1n) is 10.2. The van der Waals surface area contributed by atoms with Gasteiger partial charge in [0, 0.05) is 30.5 Å². The second-order valence-corrected chi connectivity index (χ2v) is 9.10. The summed E-state index contributed by atoms with van der Waals surface area (Å²) in [6.45, 7) is 1.97. The molecule has 4 aliphatic rings. The van der Waals surface area contributed by atoms with E-state index < -0.39 is 6.09 Å². The van der Waals surface area contributed by atoms with Crippen LogP contribution in [0.1, 0.15) is 64.2 Å². The molecule has 1 spiro atoms. The molecule has 0 aromatic rings. The molecule has 1 saturated heterocycles. The molecule has 0 radical (unpaired) electrons. The Bertz CT molecular complexity index is 517. The maximum atomic E-state index is 12.6. The van der Waals surface area contributed by atoms with Crippen LogP contribution in [0.25, 0.3) is 0 Å². The first-order chi connectivity index (χ1) is 12.1. The lowest BCUT2D eigenvalue weighted by Crippen LogP contribution is -2.61. The normalized spacial score (nSPS) is 34.3. The third kappa shape index (κ3) is 3.39. The van der Waals surface area contributed by atoms with Crippen molar-refractivity contribution in [2.24, 2.45) is 23.2 Å². The number of ether oxygens (including phenoxy) is 1. The Morgan fingerprint density at radius 3 is 2.44 bits per heavy atom. The van der Waals surface area contributed by atoms with Gasteiger partial charge in [0.2, 0.25) is 5.91 Å². The summed E-state index contributed by atoms with van der Waals surface area (Å²) in [4.78, 5) is 25.9. The van der Waals surface area contributed by atoms with E-state index in [4.69, 9.17) is 0 Å². The Hall–Kier alpha value is -1.26. The SMILES string of the molecule is COC(=O)NC1CC(C(=O)N2CC3(CCC(C4CCCCC4)C3)C2)C1. The van der Waals surface area contributed by atoms with E-state index in [1.165, 1.54) is 58.5 Å². The molecule has 1 aliphatic heterocycles. The highest BCUT2D eigenvalue weighted by Gasteiger charge is 2.52. The van der Waals surface area contributed by atoms with Crippen molar-refractivity contribution in [1.82, 2.24) is 10.2 Å². The topological polar surface area (TPSA) is 58.6 Å². The maximum absolute atomic E-state index is 12.6. The number of carbonyl (C=O) groups excluding carboxylic acids is 2. The third-order valence-electron chi connectivity index (χ3n) is 7.42. The second kappa shape index (κ2) is 6.81. The summed E-state index contributed by atoms with van der Waals surface area (Å²) >= 11 is 0. The molecule has 25 heavy (non-hydrogen) atoms. The number of rotatable bonds is 3. The molecule has 3 saturated carbocycles. The highest BCUT2D eigenvalue weighted by molar-refractivity contribution is 5.81. The van der Waals surface area contributed by atoms with Crippen LogP contribution in [0, 0.1) is 23.2 Å². The minimum Gasteiger partial charge on any atom is -0.453 e. The number of amides is 2. The van der Waals surface area contributed by atoms with E-state index in [9.17, 15) is 9.59 Å². The van der Waals surface area contributed by atoms with Crippen molar-refractivity contribution in [3.63, 3.8) is 0 Å². The average Bonchev–Trinajstić information content (AvgIpc) is 3.02. The van der Waals surface area contributed by atoms with Crippen LogP contribution in [-0.4, -0.2) is 43.1 Å². The molecule has 1 N–H and O–H groups in total. The molecule has 4 rings (SSSR count). The van der Waals surface area contributed by atoms with E-state index in [1.54, 1.807) is 0 Å². The molecule has 0 bridgehead atoms.